The first-order valence-electron chi connectivity index (χ1n) is 5.47. The minimum absolute atomic E-state index is 0.161. The Kier molecular flexibility index (Phi) is 4.29. The maximum Gasteiger partial charge on any atom is 0.336 e. The van der Waals surface area contributed by atoms with Gasteiger partial charge in [0, 0.05) is 6.42 Å². The number of hydrogen-bond acceptors (Lipinski definition) is 3. The van der Waals surface area contributed by atoms with Crippen LogP contribution in [0.4, 0.5) is 0 Å². The lowest BCUT2D eigenvalue weighted by Gasteiger charge is -2.06. The molecule has 0 bridgehead atoms. The van der Waals surface area contributed by atoms with E-state index in [2.05, 4.69) is 15.9 Å². The molecule has 1 aromatic carbocycles. The zero-order valence-corrected chi connectivity index (χ0v) is 11.9. The van der Waals surface area contributed by atoms with Gasteiger partial charge in [-0.15, -0.1) is 11.8 Å². The molecule has 0 spiro atoms. The maximum atomic E-state index is 11.8. The molecule has 0 radical (unpaired) electrons. The number of esters is 1. The summed E-state index contributed by atoms with van der Waals surface area (Å²) >= 11 is 5.10. The molecule has 0 aromatic heterocycles. The SMILES string of the molecule is CCSC1OC(=O)C(Cc2ccccc2)=C1Br. The normalized spacial score (nSPS) is 19.6. The summed E-state index contributed by atoms with van der Waals surface area (Å²) in [7, 11) is 0. The monoisotopic (exact) mass is 312 g/mol. The van der Waals surface area contributed by atoms with Gasteiger partial charge in [-0.3, -0.25) is 0 Å². The van der Waals surface area contributed by atoms with E-state index in [1.165, 1.54) is 0 Å². The minimum Gasteiger partial charge on any atom is -0.442 e. The highest BCUT2D eigenvalue weighted by Gasteiger charge is 2.32. The van der Waals surface area contributed by atoms with E-state index >= 15 is 0 Å². The van der Waals surface area contributed by atoms with Crippen LogP contribution in [-0.2, 0) is 16.0 Å². The highest BCUT2D eigenvalue weighted by molar-refractivity contribution is 9.12. The molecule has 2 nitrogen and oxygen atoms in total. The second kappa shape index (κ2) is 5.74. The predicted molar refractivity (Wildman–Crippen MR) is 74.1 cm³/mol. The van der Waals surface area contributed by atoms with Crippen molar-refractivity contribution in [3.63, 3.8) is 0 Å². The molecule has 4 heteroatoms. The average Bonchev–Trinajstić information content (AvgIpc) is 2.59. The van der Waals surface area contributed by atoms with Crippen molar-refractivity contribution in [1.29, 1.82) is 0 Å². The number of hydrogen-bond donors (Lipinski definition) is 0. The van der Waals surface area contributed by atoms with Crippen molar-refractivity contribution in [2.45, 2.75) is 18.8 Å². The first-order valence-corrected chi connectivity index (χ1v) is 7.31. The molecule has 1 aromatic rings. The molecule has 0 saturated carbocycles. The van der Waals surface area contributed by atoms with Gasteiger partial charge in [0.2, 0.25) is 0 Å². The second-order valence-corrected chi connectivity index (χ2v) is 5.87. The van der Waals surface area contributed by atoms with Crippen molar-refractivity contribution in [2.24, 2.45) is 0 Å². The highest BCUT2D eigenvalue weighted by Crippen LogP contribution is 2.35. The third-order valence-electron chi connectivity index (χ3n) is 2.50. The molecule has 2 rings (SSSR count). The molecule has 0 fully saturated rings. The summed E-state index contributed by atoms with van der Waals surface area (Å²) in [4.78, 5) is 11.8. The van der Waals surface area contributed by atoms with Crippen LogP contribution in [0.15, 0.2) is 40.4 Å². The van der Waals surface area contributed by atoms with Gasteiger partial charge < -0.3 is 4.74 Å². The topological polar surface area (TPSA) is 26.3 Å². The number of thioether (sulfide) groups is 1. The maximum absolute atomic E-state index is 11.8. The Bertz CT molecular complexity index is 442. The van der Waals surface area contributed by atoms with Crippen LogP contribution in [0.1, 0.15) is 12.5 Å². The van der Waals surface area contributed by atoms with Crippen molar-refractivity contribution in [3.05, 3.63) is 46.0 Å². The Morgan fingerprint density at radius 3 is 2.71 bits per heavy atom. The zero-order valence-electron chi connectivity index (χ0n) is 9.48. The van der Waals surface area contributed by atoms with Gasteiger partial charge in [-0.25, -0.2) is 4.79 Å². The first-order chi connectivity index (χ1) is 8.22. The highest BCUT2D eigenvalue weighted by atomic mass is 79.9. The molecule has 1 heterocycles. The molecule has 1 unspecified atom stereocenters. The fourth-order valence-corrected chi connectivity index (χ4v) is 3.21. The molecule has 0 amide bonds. The number of halogens is 1. The van der Waals surface area contributed by atoms with Gasteiger partial charge >= 0.3 is 5.97 Å². The summed E-state index contributed by atoms with van der Waals surface area (Å²) in [6.07, 6.45) is 0.626. The third-order valence-corrected chi connectivity index (χ3v) is 4.66. The lowest BCUT2D eigenvalue weighted by Crippen LogP contribution is -2.06. The van der Waals surface area contributed by atoms with Gasteiger partial charge in [0.05, 0.1) is 10.1 Å². The van der Waals surface area contributed by atoms with E-state index < -0.39 is 0 Å². The summed E-state index contributed by atoms with van der Waals surface area (Å²) < 4.78 is 6.19. The van der Waals surface area contributed by atoms with Crippen LogP contribution in [0.2, 0.25) is 0 Å². The summed E-state index contributed by atoms with van der Waals surface area (Å²) in [6.45, 7) is 2.05. The van der Waals surface area contributed by atoms with E-state index in [0.717, 1.165) is 21.4 Å². The van der Waals surface area contributed by atoms with Crippen LogP contribution >= 0.6 is 27.7 Å². The van der Waals surface area contributed by atoms with E-state index in [9.17, 15) is 4.79 Å². The number of carbonyl (C=O) groups is 1. The molecule has 1 atom stereocenters. The van der Waals surface area contributed by atoms with Crippen molar-refractivity contribution < 1.29 is 9.53 Å². The molecule has 1 aliphatic rings. The largest absolute Gasteiger partial charge is 0.442 e. The Morgan fingerprint density at radius 1 is 1.35 bits per heavy atom. The number of carbonyl (C=O) groups excluding carboxylic acids is 1. The molecular formula is C13H13BrO2S. The van der Waals surface area contributed by atoms with Gasteiger partial charge in [-0.05, 0) is 11.3 Å². The Hall–Kier alpha value is -0.740. The smallest absolute Gasteiger partial charge is 0.336 e. The van der Waals surface area contributed by atoms with Crippen molar-refractivity contribution in [3.8, 4) is 0 Å². The van der Waals surface area contributed by atoms with E-state index in [1.807, 2.05) is 37.3 Å². The summed E-state index contributed by atoms with van der Waals surface area (Å²) in [6, 6.07) is 9.95. The summed E-state index contributed by atoms with van der Waals surface area (Å²) in [5, 5.41) is 0. The Labute approximate surface area is 114 Å². The molecule has 0 N–H and O–H groups in total. The number of rotatable bonds is 4. The fraction of sp³-hybridized carbons (Fsp3) is 0.308. The van der Waals surface area contributed by atoms with Gasteiger partial charge in [-0.2, -0.15) is 0 Å². The summed E-state index contributed by atoms with van der Waals surface area (Å²) in [5.41, 5.74) is 1.70. The predicted octanol–water partition coefficient (Wildman–Crippen LogP) is 3.51. The molecule has 1 aliphatic heterocycles. The van der Waals surface area contributed by atoms with Crippen LogP contribution in [0.5, 0.6) is 0 Å². The van der Waals surface area contributed by atoms with Gasteiger partial charge in [-0.1, -0.05) is 53.2 Å². The molecule has 90 valence electrons. The van der Waals surface area contributed by atoms with Crippen LogP contribution in [0.25, 0.3) is 0 Å². The Balaban J connectivity index is 2.17. The Morgan fingerprint density at radius 2 is 2.06 bits per heavy atom. The minimum atomic E-state index is -0.202. The van der Waals surface area contributed by atoms with Crippen molar-refractivity contribution in [2.75, 3.05) is 5.75 Å². The van der Waals surface area contributed by atoms with E-state index in [0.29, 0.717) is 6.42 Å². The summed E-state index contributed by atoms with van der Waals surface area (Å²) in [5.74, 6) is 0.720. The molecule has 0 aliphatic carbocycles. The number of benzene rings is 1. The van der Waals surface area contributed by atoms with E-state index in [-0.39, 0.29) is 11.4 Å². The third kappa shape index (κ3) is 2.93. The molecular weight excluding hydrogens is 300 g/mol. The second-order valence-electron chi connectivity index (χ2n) is 3.68. The van der Waals surface area contributed by atoms with E-state index in [4.69, 9.17) is 4.74 Å². The van der Waals surface area contributed by atoms with Crippen LogP contribution in [0.3, 0.4) is 0 Å². The zero-order chi connectivity index (χ0) is 12.3. The molecule has 0 saturated heterocycles. The van der Waals surface area contributed by atoms with Crippen molar-refractivity contribution >= 4 is 33.7 Å². The first kappa shape index (κ1) is 12.7. The van der Waals surface area contributed by atoms with Gasteiger partial charge in [0.1, 0.15) is 0 Å². The fourth-order valence-electron chi connectivity index (χ4n) is 1.67. The van der Waals surface area contributed by atoms with Crippen LogP contribution in [0, 0.1) is 0 Å². The number of ether oxygens (including phenoxy) is 1. The number of cyclic esters (lactones) is 1. The van der Waals surface area contributed by atoms with Gasteiger partial charge in [0.25, 0.3) is 0 Å². The van der Waals surface area contributed by atoms with E-state index in [1.54, 1.807) is 11.8 Å². The quantitative estimate of drug-likeness (QED) is 0.796. The van der Waals surface area contributed by atoms with Gasteiger partial charge in [0.15, 0.2) is 5.44 Å². The average molecular weight is 313 g/mol. The van der Waals surface area contributed by atoms with Crippen LogP contribution < -0.4 is 0 Å². The standard InChI is InChI=1S/C13H13BrO2S/c1-2-17-13-11(14)10(12(15)16-13)8-9-6-4-3-5-7-9/h3-7,13H,2,8H2,1H3. The lowest BCUT2D eigenvalue weighted by molar-refractivity contribution is -0.137. The lowest BCUT2D eigenvalue weighted by atomic mass is 10.1. The molecule has 17 heavy (non-hydrogen) atoms. The van der Waals surface area contributed by atoms with Crippen molar-refractivity contribution in [1.82, 2.24) is 0 Å². The van der Waals surface area contributed by atoms with Crippen LogP contribution in [-0.4, -0.2) is 17.2 Å².